The molecule has 3 atom stereocenters. The number of benzene rings is 1. The van der Waals surface area contributed by atoms with Crippen LogP contribution in [0.15, 0.2) is 42.6 Å². The molecule has 1 saturated carbocycles. The summed E-state index contributed by atoms with van der Waals surface area (Å²) >= 11 is 0. The zero-order valence-corrected chi connectivity index (χ0v) is 24.1. The number of likely N-dealkylation sites (tertiary alicyclic amines) is 1. The molecule has 0 bridgehead atoms. The minimum atomic E-state index is -0.826. The molecule has 3 heterocycles. The van der Waals surface area contributed by atoms with Crippen molar-refractivity contribution in [3.05, 3.63) is 59.3 Å². The van der Waals surface area contributed by atoms with Crippen molar-refractivity contribution in [1.29, 1.82) is 0 Å². The molecule has 2 aromatic rings. The summed E-state index contributed by atoms with van der Waals surface area (Å²) in [6.45, 7) is 7.61. The van der Waals surface area contributed by atoms with Crippen LogP contribution < -0.4 is 15.4 Å². The van der Waals surface area contributed by atoms with Crippen molar-refractivity contribution in [2.24, 2.45) is 5.41 Å². The standard InChI is InChI=1S/C32H44N4O4/c1-31(2,3)17-23-15-24-26(18-32(12-8-13-32)40-30(24)34-19-23)33-20-27(37)25(16-22-9-5-4-6-10-22)35-28(38)21-36-14-7-11-29(36)39/h4-6,9-10,15,19,25-27,33,37H,7-8,11-14,16-18,20-21H2,1-3H3,(H,35,38)/t25-,26-,27-/m0/s1. The van der Waals surface area contributed by atoms with Crippen LogP contribution in [0, 0.1) is 5.41 Å². The number of hydrogen-bond donors (Lipinski definition) is 3. The summed E-state index contributed by atoms with van der Waals surface area (Å²) in [5.41, 5.74) is 3.21. The molecule has 2 fully saturated rings. The number of rotatable bonds is 10. The van der Waals surface area contributed by atoms with Gasteiger partial charge in [0.15, 0.2) is 0 Å². The number of hydrogen-bond acceptors (Lipinski definition) is 6. The number of pyridine rings is 1. The van der Waals surface area contributed by atoms with Gasteiger partial charge in [0.2, 0.25) is 17.7 Å². The smallest absolute Gasteiger partial charge is 0.239 e. The van der Waals surface area contributed by atoms with Crippen LogP contribution in [0.5, 0.6) is 5.88 Å². The van der Waals surface area contributed by atoms with Gasteiger partial charge in [-0.2, -0.15) is 0 Å². The van der Waals surface area contributed by atoms with Crippen LogP contribution in [0.3, 0.4) is 0 Å². The lowest BCUT2D eigenvalue weighted by Gasteiger charge is -2.47. The zero-order chi connectivity index (χ0) is 28.3. The van der Waals surface area contributed by atoms with Gasteiger partial charge in [-0.3, -0.25) is 9.59 Å². The van der Waals surface area contributed by atoms with Crippen LogP contribution in [0.25, 0.3) is 0 Å². The Balaban J connectivity index is 1.30. The van der Waals surface area contributed by atoms with E-state index in [-0.39, 0.29) is 35.4 Å². The number of fused-ring (bicyclic) bond motifs is 1. The molecule has 8 heteroatoms. The Morgan fingerprint density at radius 1 is 1.20 bits per heavy atom. The van der Waals surface area contributed by atoms with E-state index in [2.05, 4.69) is 37.5 Å². The van der Waals surface area contributed by atoms with E-state index in [9.17, 15) is 14.7 Å². The van der Waals surface area contributed by atoms with E-state index in [0.29, 0.717) is 31.8 Å². The van der Waals surface area contributed by atoms with E-state index < -0.39 is 12.1 Å². The van der Waals surface area contributed by atoms with Crippen molar-refractivity contribution in [3.63, 3.8) is 0 Å². The molecule has 1 aromatic carbocycles. The maximum atomic E-state index is 12.9. The lowest BCUT2D eigenvalue weighted by Crippen LogP contribution is -2.53. The highest BCUT2D eigenvalue weighted by molar-refractivity contribution is 5.86. The zero-order valence-electron chi connectivity index (χ0n) is 24.1. The van der Waals surface area contributed by atoms with Crippen molar-refractivity contribution in [2.45, 2.75) is 95.9 Å². The van der Waals surface area contributed by atoms with Crippen molar-refractivity contribution in [2.75, 3.05) is 19.6 Å². The number of nitrogens with one attached hydrogen (secondary N) is 2. The highest BCUT2D eigenvalue weighted by Gasteiger charge is 2.46. The Morgan fingerprint density at radius 3 is 2.62 bits per heavy atom. The van der Waals surface area contributed by atoms with E-state index in [1.807, 2.05) is 36.5 Å². The van der Waals surface area contributed by atoms with Crippen LogP contribution >= 0.6 is 0 Å². The highest BCUT2D eigenvalue weighted by Crippen LogP contribution is 2.48. The van der Waals surface area contributed by atoms with Crippen molar-refractivity contribution >= 4 is 11.8 Å². The number of aliphatic hydroxyl groups is 1. The van der Waals surface area contributed by atoms with Gasteiger partial charge < -0.3 is 25.4 Å². The lowest BCUT2D eigenvalue weighted by molar-refractivity contribution is -0.133. The average Bonchev–Trinajstić information content (AvgIpc) is 3.29. The van der Waals surface area contributed by atoms with Crippen molar-refractivity contribution < 1.29 is 19.4 Å². The maximum absolute atomic E-state index is 12.9. The van der Waals surface area contributed by atoms with Crippen LogP contribution in [-0.2, 0) is 22.4 Å². The second kappa shape index (κ2) is 11.9. The first-order valence-corrected chi connectivity index (χ1v) is 14.8. The second-order valence-corrected chi connectivity index (χ2v) is 13.1. The molecule has 1 aliphatic carbocycles. The molecule has 2 aliphatic heterocycles. The summed E-state index contributed by atoms with van der Waals surface area (Å²) < 4.78 is 6.43. The number of carbonyl (C=O) groups excluding carboxylic acids is 2. The minimum Gasteiger partial charge on any atom is -0.471 e. The second-order valence-electron chi connectivity index (χ2n) is 13.1. The Kier molecular flexibility index (Phi) is 8.47. The molecule has 40 heavy (non-hydrogen) atoms. The molecule has 1 aromatic heterocycles. The van der Waals surface area contributed by atoms with Gasteiger partial charge in [0.25, 0.3) is 0 Å². The van der Waals surface area contributed by atoms with E-state index in [0.717, 1.165) is 49.7 Å². The largest absolute Gasteiger partial charge is 0.471 e. The number of aliphatic hydroxyl groups excluding tert-OH is 1. The molecule has 3 aliphatic rings. The van der Waals surface area contributed by atoms with Gasteiger partial charge in [0, 0.05) is 43.7 Å². The van der Waals surface area contributed by atoms with Gasteiger partial charge in [0.05, 0.1) is 18.7 Å². The molecule has 1 saturated heterocycles. The van der Waals surface area contributed by atoms with E-state index in [1.54, 1.807) is 4.90 Å². The predicted molar refractivity (Wildman–Crippen MR) is 154 cm³/mol. The van der Waals surface area contributed by atoms with Crippen LogP contribution in [-0.4, -0.2) is 64.2 Å². The quantitative estimate of drug-likeness (QED) is 0.418. The Hall–Kier alpha value is -2.97. The van der Waals surface area contributed by atoms with Gasteiger partial charge >= 0.3 is 0 Å². The third kappa shape index (κ3) is 7.02. The summed E-state index contributed by atoms with van der Waals surface area (Å²) in [6, 6.07) is 11.6. The molecule has 1 spiro atoms. The molecule has 216 valence electrons. The van der Waals surface area contributed by atoms with Gasteiger partial charge in [-0.25, -0.2) is 4.98 Å². The number of aromatic nitrogens is 1. The van der Waals surface area contributed by atoms with Crippen LogP contribution in [0.2, 0.25) is 0 Å². The fourth-order valence-corrected chi connectivity index (χ4v) is 6.20. The average molecular weight is 549 g/mol. The summed E-state index contributed by atoms with van der Waals surface area (Å²) in [5, 5.41) is 18.1. The SMILES string of the molecule is CC(C)(C)Cc1cnc2c(c1)[C@@H](NC[C@H](O)[C@H](Cc1ccccc1)NC(=O)CN1CCCC1=O)CC1(CCC1)O2. The summed E-state index contributed by atoms with van der Waals surface area (Å²) in [4.78, 5) is 31.3. The van der Waals surface area contributed by atoms with E-state index >= 15 is 0 Å². The predicted octanol–water partition coefficient (Wildman–Crippen LogP) is 3.72. The van der Waals surface area contributed by atoms with E-state index in [4.69, 9.17) is 9.72 Å². The number of ether oxygens (including phenoxy) is 1. The first kappa shape index (κ1) is 28.6. The lowest BCUT2D eigenvalue weighted by atomic mass is 9.73. The van der Waals surface area contributed by atoms with Gasteiger partial charge in [0.1, 0.15) is 5.60 Å². The maximum Gasteiger partial charge on any atom is 0.239 e. The van der Waals surface area contributed by atoms with Gasteiger partial charge in [-0.05, 0) is 61.1 Å². The van der Waals surface area contributed by atoms with Crippen molar-refractivity contribution in [1.82, 2.24) is 20.5 Å². The highest BCUT2D eigenvalue weighted by atomic mass is 16.5. The molecule has 5 rings (SSSR count). The van der Waals surface area contributed by atoms with Crippen LogP contribution in [0.1, 0.15) is 82.0 Å². The first-order chi connectivity index (χ1) is 19.1. The molecule has 0 radical (unpaired) electrons. The normalized spacial score (nSPS) is 21.4. The summed E-state index contributed by atoms with van der Waals surface area (Å²) in [7, 11) is 0. The van der Waals surface area contributed by atoms with Crippen molar-refractivity contribution in [3.8, 4) is 5.88 Å². The Morgan fingerprint density at radius 2 is 1.98 bits per heavy atom. The Bertz CT molecular complexity index is 1190. The number of nitrogens with zero attached hydrogens (tertiary/aromatic N) is 2. The van der Waals surface area contributed by atoms with Gasteiger partial charge in [-0.1, -0.05) is 51.1 Å². The monoisotopic (exact) mass is 548 g/mol. The number of carbonyl (C=O) groups is 2. The molecule has 0 unspecified atom stereocenters. The topological polar surface area (TPSA) is 104 Å². The molecule has 2 amide bonds. The number of amides is 2. The first-order valence-electron chi connectivity index (χ1n) is 14.8. The minimum absolute atomic E-state index is 0.00131. The Labute approximate surface area is 237 Å². The molecule has 8 nitrogen and oxygen atoms in total. The summed E-state index contributed by atoms with van der Waals surface area (Å²) in [5.74, 6) is 0.468. The van der Waals surface area contributed by atoms with Gasteiger partial charge in [-0.15, -0.1) is 0 Å². The fourth-order valence-electron chi connectivity index (χ4n) is 6.20. The molecular formula is C32H44N4O4. The van der Waals surface area contributed by atoms with E-state index in [1.165, 1.54) is 5.56 Å². The third-order valence-corrected chi connectivity index (χ3v) is 8.39. The van der Waals surface area contributed by atoms with Crippen LogP contribution in [0.4, 0.5) is 0 Å². The molecule has 3 N–H and O–H groups in total. The molecular weight excluding hydrogens is 504 g/mol. The summed E-state index contributed by atoms with van der Waals surface area (Å²) in [6.07, 6.45) is 7.81. The fraction of sp³-hybridized carbons (Fsp3) is 0.594. The third-order valence-electron chi connectivity index (χ3n) is 8.39.